The van der Waals surface area contributed by atoms with Crippen molar-refractivity contribution >= 4 is 11.7 Å². The molecule has 0 bridgehead atoms. The number of hydrogen-bond acceptors (Lipinski definition) is 4. The van der Waals surface area contributed by atoms with Crippen LogP contribution in [0.3, 0.4) is 0 Å². The lowest BCUT2D eigenvalue weighted by atomic mass is 9.97. The van der Waals surface area contributed by atoms with Crippen molar-refractivity contribution in [3.8, 4) is 0 Å². The summed E-state index contributed by atoms with van der Waals surface area (Å²) in [6, 6.07) is 6.96. The smallest absolute Gasteiger partial charge is 0.365 e. The normalized spacial score (nSPS) is 15.9. The van der Waals surface area contributed by atoms with E-state index >= 15 is 0 Å². The third kappa shape index (κ3) is 2.47. The van der Waals surface area contributed by atoms with E-state index in [2.05, 4.69) is 5.16 Å². The van der Waals surface area contributed by atoms with E-state index in [0.717, 1.165) is 30.6 Å². The van der Waals surface area contributed by atoms with E-state index in [1.807, 2.05) is 6.07 Å². The van der Waals surface area contributed by atoms with Crippen molar-refractivity contribution < 1.29 is 18.4 Å². The molecule has 102 valence electrons. The molecular formula is C15H12FNO3. The molecule has 5 heteroatoms. The number of fused-ring (bicyclic) bond motifs is 1. The van der Waals surface area contributed by atoms with Crippen LogP contribution in [-0.4, -0.2) is 11.7 Å². The fourth-order valence-electron chi connectivity index (χ4n) is 2.17. The third-order valence-corrected chi connectivity index (χ3v) is 3.19. The molecule has 1 aliphatic rings. The molecule has 2 aromatic rings. The summed E-state index contributed by atoms with van der Waals surface area (Å²) in [5, 5.41) is 3.91. The maximum atomic E-state index is 12.8. The number of oxime groups is 1. The fraction of sp³-hybridized carbons (Fsp3) is 0.200. The molecule has 4 nitrogen and oxygen atoms in total. The van der Waals surface area contributed by atoms with Gasteiger partial charge >= 0.3 is 5.97 Å². The predicted octanol–water partition coefficient (Wildman–Crippen LogP) is 3.32. The molecule has 0 spiro atoms. The zero-order chi connectivity index (χ0) is 13.9. The molecule has 0 aliphatic heterocycles. The van der Waals surface area contributed by atoms with Gasteiger partial charge in [-0.1, -0.05) is 5.16 Å². The maximum absolute atomic E-state index is 12.8. The molecular weight excluding hydrogens is 261 g/mol. The minimum atomic E-state index is -0.604. The van der Waals surface area contributed by atoms with Gasteiger partial charge in [-0.3, -0.25) is 0 Å². The summed E-state index contributed by atoms with van der Waals surface area (Å²) in [7, 11) is 0. The highest BCUT2D eigenvalue weighted by atomic mass is 19.1. The standard InChI is InChI=1S/C15H12FNO3/c16-11-6-4-10(5-7-11)15(18)20-17-13-2-1-3-14-12(13)8-9-19-14/h4-9H,1-3H2/b17-13+. The summed E-state index contributed by atoms with van der Waals surface area (Å²) in [4.78, 5) is 16.7. The molecule has 1 aromatic heterocycles. The van der Waals surface area contributed by atoms with Gasteiger partial charge in [0, 0.05) is 12.0 Å². The Kier molecular flexibility index (Phi) is 3.33. The van der Waals surface area contributed by atoms with E-state index in [9.17, 15) is 9.18 Å². The number of rotatable bonds is 2. The molecule has 0 saturated carbocycles. The first-order chi connectivity index (χ1) is 9.74. The Balaban J connectivity index is 1.75. The first-order valence-corrected chi connectivity index (χ1v) is 6.34. The minimum absolute atomic E-state index is 0.263. The van der Waals surface area contributed by atoms with Crippen molar-refractivity contribution in [1.82, 2.24) is 0 Å². The van der Waals surface area contributed by atoms with Gasteiger partial charge in [0.2, 0.25) is 0 Å². The van der Waals surface area contributed by atoms with Gasteiger partial charge in [0.15, 0.2) is 0 Å². The summed E-state index contributed by atoms with van der Waals surface area (Å²) in [6.07, 6.45) is 4.12. The van der Waals surface area contributed by atoms with Gasteiger partial charge in [0.1, 0.15) is 11.6 Å². The van der Waals surface area contributed by atoms with Gasteiger partial charge in [-0.05, 0) is 43.2 Å². The van der Waals surface area contributed by atoms with E-state index in [1.165, 1.54) is 24.3 Å². The zero-order valence-electron chi connectivity index (χ0n) is 10.6. The number of halogens is 1. The lowest BCUT2D eigenvalue weighted by molar-refractivity contribution is 0.0515. The lowest BCUT2D eigenvalue weighted by Gasteiger charge is -2.11. The highest BCUT2D eigenvalue weighted by molar-refractivity contribution is 6.02. The van der Waals surface area contributed by atoms with Crippen LogP contribution in [0.4, 0.5) is 4.39 Å². The highest BCUT2D eigenvalue weighted by Crippen LogP contribution is 2.22. The van der Waals surface area contributed by atoms with Crippen LogP contribution in [0.1, 0.15) is 34.5 Å². The zero-order valence-corrected chi connectivity index (χ0v) is 10.6. The number of benzene rings is 1. The van der Waals surface area contributed by atoms with Crippen LogP contribution in [0.15, 0.2) is 46.2 Å². The van der Waals surface area contributed by atoms with Gasteiger partial charge in [-0.25, -0.2) is 9.18 Å². The van der Waals surface area contributed by atoms with Gasteiger partial charge in [0.25, 0.3) is 0 Å². The van der Waals surface area contributed by atoms with Crippen molar-refractivity contribution in [2.75, 3.05) is 0 Å². The second-order valence-corrected chi connectivity index (χ2v) is 4.53. The fourth-order valence-corrected chi connectivity index (χ4v) is 2.17. The van der Waals surface area contributed by atoms with Crippen LogP contribution in [0.5, 0.6) is 0 Å². The average molecular weight is 273 g/mol. The number of aryl methyl sites for hydroxylation is 1. The molecule has 20 heavy (non-hydrogen) atoms. The Labute approximate surface area is 114 Å². The number of carbonyl (C=O) groups is 1. The summed E-state index contributed by atoms with van der Waals surface area (Å²) in [5.41, 5.74) is 1.86. The molecule has 0 fully saturated rings. The van der Waals surface area contributed by atoms with Crippen LogP contribution in [0.2, 0.25) is 0 Å². The molecule has 3 rings (SSSR count). The summed E-state index contributed by atoms with van der Waals surface area (Å²) < 4.78 is 18.1. The van der Waals surface area contributed by atoms with Crippen molar-refractivity contribution in [3.63, 3.8) is 0 Å². The number of hydrogen-bond donors (Lipinski definition) is 0. The summed E-state index contributed by atoms with van der Waals surface area (Å²) >= 11 is 0. The van der Waals surface area contributed by atoms with Crippen LogP contribution in [-0.2, 0) is 11.3 Å². The summed E-state index contributed by atoms with van der Waals surface area (Å²) in [5.74, 6) is -0.135. The number of nitrogens with zero attached hydrogens (tertiary/aromatic N) is 1. The average Bonchev–Trinajstić information content (AvgIpc) is 2.94. The van der Waals surface area contributed by atoms with E-state index in [0.29, 0.717) is 5.71 Å². The van der Waals surface area contributed by atoms with Gasteiger partial charge in [0.05, 0.1) is 17.5 Å². The Bertz CT molecular complexity index is 658. The second kappa shape index (κ2) is 5.28. The predicted molar refractivity (Wildman–Crippen MR) is 70.0 cm³/mol. The van der Waals surface area contributed by atoms with E-state index in [-0.39, 0.29) is 5.56 Å². The maximum Gasteiger partial charge on any atom is 0.365 e. The molecule has 0 saturated heterocycles. The van der Waals surface area contributed by atoms with Gasteiger partial charge in [-0.15, -0.1) is 0 Å². The highest BCUT2D eigenvalue weighted by Gasteiger charge is 2.19. The molecule has 1 aromatic carbocycles. The second-order valence-electron chi connectivity index (χ2n) is 4.53. The minimum Gasteiger partial charge on any atom is -0.469 e. The molecule has 0 unspecified atom stereocenters. The van der Waals surface area contributed by atoms with Crippen LogP contribution >= 0.6 is 0 Å². The molecule has 0 amide bonds. The SMILES string of the molecule is O=C(O/N=C1\CCCc2occc21)c1ccc(F)cc1. The molecule has 0 atom stereocenters. The Hall–Kier alpha value is -2.43. The van der Waals surface area contributed by atoms with Gasteiger partial charge < -0.3 is 9.25 Å². The first kappa shape index (κ1) is 12.6. The van der Waals surface area contributed by atoms with Crippen LogP contribution in [0, 0.1) is 5.82 Å². The summed E-state index contributed by atoms with van der Waals surface area (Å²) in [6.45, 7) is 0. The lowest BCUT2D eigenvalue weighted by Crippen LogP contribution is -2.11. The van der Waals surface area contributed by atoms with Gasteiger partial charge in [-0.2, -0.15) is 0 Å². The first-order valence-electron chi connectivity index (χ1n) is 6.34. The number of carbonyl (C=O) groups excluding carboxylic acids is 1. The van der Waals surface area contributed by atoms with E-state index < -0.39 is 11.8 Å². The topological polar surface area (TPSA) is 51.8 Å². The Morgan fingerprint density at radius 2 is 2.00 bits per heavy atom. The largest absolute Gasteiger partial charge is 0.469 e. The van der Waals surface area contributed by atoms with Crippen LogP contribution < -0.4 is 0 Å². The molecule has 1 heterocycles. The Morgan fingerprint density at radius 3 is 2.80 bits per heavy atom. The van der Waals surface area contributed by atoms with Crippen molar-refractivity contribution in [2.24, 2.45) is 5.16 Å². The molecule has 1 aliphatic carbocycles. The molecule has 0 N–H and O–H groups in total. The van der Waals surface area contributed by atoms with Crippen molar-refractivity contribution in [2.45, 2.75) is 19.3 Å². The quantitative estimate of drug-likeness (QED) is 0.623. The monoisotopic (exact) mass is 273 g/mol. The van der Waals surface area contributed by atoms with E-state index in [1.54, 1.807) is 6.26 Å². The van der Waals surface area contributed by atoms with E-state index in [4.69, 9.17) is 9.25 Å². The number of furan rings is 1. The van der Waals surface area contributed by atoms with Crippen molar-refractivity contribution in [1.29, 1.82) is 0 Å². The van der Waals surface area contributed by atoms with Crippen molar-refractivity contribution in [3.05, 3.63) is 59.3 Å². The third-order valence-electron chi connectivity index (χ3n) is 3.19. The Morgan fingerprint density at radius 1 is 1.20 bits per heavy atom. The molecule has 0 radical (unpaired) electrons. The van der Waals surface area contributed by atoms with Crippen LogP contribution in [0.25, 0.3) is 0 Å².